The first kappa shape index (κ1) is 13.3. The third kappa shape index (κ3) is 2.51. The number of carbonyl (C=O) groups is 2. The number of carboxylic acids is 1. The highest BCUT2D eigenvalue weighted by atomic mass is 16.5. The summed E-state index contributed by atoms with van der Waals surface area (Å²) in [4.78, 5) is 24.9. The van der Waals surface area contributed by atoms with E-state index in [9.17, 15) is 14.7 Å². The van der Waals surface area contributed by atoms with Gasteiger partial charge >= 0.3 is 5.97 Å². The molecule has 3 atom stereocenters. The van der Waals surface area contributed by atoms with Crippen LogP contribution in [0.3, 0.4) is 0 Å². The third-order valence-electron chi connectivity index (χ3n) is 4.04. The molecule has 2 rings (SSSR count). The first-order valence-electron chi connectivity index (χ1n) is 6.75. The van der Waals surface area contributed by atoms with Gasteiger partial charge in [-0.1, -0.05) is 13.3 Å². The van der Waals surface area contributed by atoms with E-state index in [1.54, 1.807) is 0 Å². The SMILES string of the molecule is CCCOCC(=O)N1CC2CCCC2C1C(=O)O. The number of likely N-dealkylation sites (tertiary alicyclic amines) is 1. The largest absolute Gasteiger partial charge is 0.480 e. The van der Waals surface area contributed by atoms with Crippen molar-refractivity contribution >= 4 is 11.9 Å². The zero-order chi connectivity index (χ0) is 13.1. The second-order valence-corrected chi connectivity index (χ2v) is 5.24. The zero-order valence-corrected chi connectivity index (χ0v) is 10.8. The maximum atomic E-state index is 12.0. The Kier molecular flexibility index (Phi) is 4.22. The van der Waals surface area contributed by atoms with Gasteiger partial charge in [0.1, 0.15) is 12.6 Å². The summed E-state index contributed by atoms with van der Waals surface area (Å²) < 4.78 is 5.22. The Morgan fingerprint density at radius 3 is 2.83 bits per heavy atom. The summed E-state index contributed by atoms with van der Waals surface area (Å²) in [5.41, 5.74) is 0. The van der Waals surface area contributed by atoms with Crippen LogP contribution < -0.4 is 0 Å². The summed E-state index contributed by atoms with van der Waals surface area (Å²) >= 11 is 0. The van der Waals surface area contributed by atoms with E-state index in [0.717, 1.165) is 25.7 Å². The monoisotopic (exact) mass is 255 g/mol. The van der Waals surface area contributed by atoms with Crippen molar-refractivity contribution in [3.63, 3.8) is 0 Å². The van der Waals surface area contributed by atoms with Crippen LogP contribution >= 0.6 is 0 Å². The first-order valence-corrected chi connectivity index (χ1v) is 6.75. The van der Waals surface area contributed by atoms with Gasteiger partial charge in [-0.25, -0.2) is 4.79 Å². The Labute approximate surface area is 107 Å². The minimum absolute atomic E-state index is 0.0110. The average molecular weight is 255 g/mol. The lowest BCUT2D eigenvalue weighted by Gasteiger charge is -2.24. The van der Waals surface area contributed by atoms with Crippen molar-refractivity contribution in [2.75, 3.05) is 19.8 Å². The minimum atomic E-state index is -0.867. The van der Waals surface area contributed by atoms with Gasteiger partial charge in [0.25, 0.3) is 0 Å². The van der Waals surface area contributed by atoms with Crippen LogP contribution in [0, 0.1) is 11.8 Å². The van der Waals surface area contributed by atoms with E-state index in [1.807, 2.05) is 6.92 Å². The molecule has 0 aromatic carbocycles. The Hall–Kier alpha value is -1.10. The molecule has 102 valence electrons. The molecule has 0 aromatic heterocycles. The lowest BCUT2D eigenvalue weighted by molar-refractivity contribution is -0.151. The number of nitrogens with zero attached hydrogens (tertiary/aromatic N) is 1. The predicted molar refractivity (Wildman–Crippen MR) is 65.1 cm³/mol. The number of carboxylic acid groups (broad SMARTS) is 1. The summed E-state index contributed by atoms with van der Waals surface area (Å²) in [5.74, 6) is -0.516. The van der Waals surface area contributed by atoms with E-state index < -0.39 is 12.0 Å². The number of ether oxygens (including phenoxy) is 1. The molecule has 1 amide bonds. The molecule has 0 spiro atoms. The topological polar surface area (TPSA) is 66.8 Å². The van der Waals surface area contributed by atoms with Crippen LogP contribution in [0.25, 0.3) is 0 Å². The molecule has 1 aliphatic carbocycles. The van der Waals surface area contributed by atoms with Crippen molar-refractivity contribution in [2.24, 2.45) is 11.8 Å². The molecule has 0 bridgehead atoms. The maximum absolute atomic E-state index is 12.0. The zero-order valence-electron chi connectivity index (χ0n) is 10.8. The van der Waals surface area contributed by atoms with Crippen LogP contribution in [-0.2, 0) is 14.3 Å². The Morgan fingerprint density at radius 2 is 2.17 bits per heavy atom. The van der Waals surface area contributed by atoms with Gasteiger partial charge in [-0.05, 0) is 31.1 Å². The lowest BCUT2D eigenvalue weighted by atomic mass is 9.94. The lowest BCUT2D eigenvalue weighted by Crippen LogP contribution is -2.44. The van der Waals surface area contributed by atoms with Crippen LogP contribution in [-0.4, -0.2) is 47.7 Å². The molecule has 1 heterocycles. The molecule has 1 N–H and O–H groups in total. The van der Waals surface area contributed by atoms with E-state index in [2.05, 4.69) is 0 Å². The van der Waals surface area contributed by atoms with Crippen molar-refractivity contribution in [3.05, 3.63) is 0 Å². The second kappa shape index (κ2) is 5.69. The summed E-state index contributed by atoms with van der Waals surface area (Å²) in [5, 5.41) is 9.32. The highest BCUT2D eigenvalue weighted by Crippen LogP contribution is 2.42. The van der Waals surface area contributed by atoms with Gasteiger partial charge in [0.2, 0.25) is 5.91 Å². The quantitative estimate of drug-likeness (QED) is 0.748. The van der Waals surface area contributed by atoms with Crippen molar-refractivity contribution in [2.45, 2.75) is 38.6 Å². The summed E-state index contributed by atoms with van der Waals surface area (Å²) in [6.07, 6.45) is 3.93. The number of hydrogen-bond donors (Lipinski definition) is 1. The number of amides is 1. The number of fused-ring (bicyclic) bond motifs is 1. The molecule has 18 heavy (non-hydrogen) atoms. The van der Waals surface area contributed by atoms with Gasteiger partial charge in [0, 0.05) is 13.2 Å². The maximum Gasteiger partial charge on any atom is 0.326 e. The van der Waals surface area contributed by atoms with E-state index in [1.165, 1.54) is 4.90 Å². The summed E-state index contributed by atoms with van der Waals surface area (Å²) in [7, 11) is 0. The van der Waals surface area contributed by atoms with Crippen molar-refractivity contribution in [3.8, 4) is 0 Å². The van der Waals surface area contributed by atoms with E-state index >= 15 is 0 Å². The molecule has 0 radical (unpaired) electrons. The van der Waals surface area contributed by atoms with Crippen molar-refractivity contribution in [1.29, 1.82) is 0 Å². The van der Waals surface area contributed by atoms with Crippen LogP contribution in [0.1, 0.15) is 32.6 Å². The van der Waals surface area contributed by atoms with Crippen LogP contribution in [0.4, 0.5) is 0 Å². The molecule has 0 aromatic rings. The van der Waals surface area contributed by atoms with E-state index in [0.29, 0.717) is 19.1 Å². The number of carbonyl (C=O) groups excluding carboxylic acids is 1. The van der Waals surface area contributed by atoms with Crippen LogP contribution in [0.5, 0.6) is 0 Å². The van der Waals surface area contributed by atoms with Gasteiger partial charge in [0.05, 0.1) is 0 Å². The smallest absolute Gasteiger partial charge is 0.326 e. The second-order valence-electron chi connectivity index (χ2n) is 5.24. The molecule has 1 aliphatic heterocycles. The molecular formula is C13H21NO4. The predicted octanol–water partition coefficient (Wildman–Crippen LogP) is 1.12. The number of rotatable bonds is 5. The molecule has 3 unspecified atom stereocenters. The standard InChI is InChI=1S/C13H21NO4/c1-2-6-18-8-11(15)14-7-9-4-3-5-10(9)12(14)13(16)17/h9-10,12H,2-8H2,1H3,(H,16,17). The van der Waals surface area contributed by atoms with Gasteiger partial charge < -0.3 is 14.7 Å². The Morgan fingerprint density at radius 1 is 1.39 bits per heavy atom. The van der Waals surface area contributed by atoms with Gasteiger partial charge in [0.15, 0.2) is 0 Å². The number of aliphatic carboxylic acids is 1. The molecule has 1 saturated carbocycles. The fraction of sp³-hybridized carbons (Fsp3) is 0.846. The van der Waals surface area contributed by atoms with Crippen LogP contribution in [0.2, 0.25) is 0 Å². The highest BCUT2D eigenvalue weighted by Gasteiger charge is 2.49. The van der Waals surface area contributed by atoms with E-state index in [-0.39, 0.29) is 18.4 Å². The molecule has 5 nitrogen and oxygen atoms in total. The highest BCUT2D eigenvalue weighted by molar-refractivity contribution is 5.85. The molecule has 2 aliphatic rings. The first-order chi connectivity index (χ1) is 8.65. The van der Waals surface area contributed by atoms with Gasteiger partial charge in [-0.2, -0.15) is 0 Å². The number of hydrogen-bond acceptors (Lipinski definition) is 3. The normalized spacial score (nSPS) is 30.5. The Balaban J connectivity index is 1.98. The fourth-order valence-corrected chi connectivity index (χ4v) is 3.27. The molecular weight excluding hydrogens is 234 g/mol. The van der Waals surface area contributed by atoms with Crippen molar-refractivity contribution in [1.82, 2.24) is 4.90 Å². The van der Waals surface area contributed by atoms with Gasteiger partial charge in [-0.15, -0.1) is 0 Å². The van der Waals surface area contributed by atoms with Crippen LogP contribution in [0.15, 0.2) is 0 Å². The van der Waals surface area contributed by atoms with Crippen molar-refractivity contribution < 1.29 is 19.4 Å². The van der Waals surface area contributed by atoms with E-state index in [4.69, 9.17) is 4.74 Å². The fourth-order valence-electron chi connectivity index (χ4n) is 3.27. The Bertz CT molecular complexity index is 331. The minimum Gasteiger partial charge on any atom is -0.480 e. The third-order valence-corrected chi connectivity index (χ3v) is 4.04. The molecule has 1 saturated heterocycles. The summed E-state index contributed by atoms with van der Waals surface area (Å²) in [6.45, 7) is 3.13. The van der Waals surface area contributed by atoms with Gasteiger partial charge in [-0.3, -0.25) is 4.79 Å². The molecule has 5 heteroatoms. The average Bonchev–Trinajstić information content (AvgIpc) is 2.87. The molecule has 2 fully saturated rings. The summed E-state index contributed by atoms with van der Waals surface area (Å²) in [6, 6.07) is -0.629.